The Labute approximate surface area is 101 Å². The van der Waals surface area contributed by atoms with Crippen LogP contribution in [0.2, 0.25) is 0 Å². The van der Waals surface area contributed by atoms with Crippen LogP contribution >= 0.6 is 0 Å². The number of hydrogen-bond donors (Lipinski definition) is 2. The monoisotopic (exact) mass is 231 g/mol. The van der Waals surface area contributed by atoms with E-state index >= 15 is 0 Å². The maximum absolute atomic E-state index is 12.0. The van der Waals surface area contributed by atoms with Crippen molar-refractivity contribution >= 4 is 5.91 Å². The summed E-state index contributed by atoms with van der Waals surface area (Å²) in [5.41, 5.74) is 0.975. The molecule has 90 valence electrons. The van der Waals surface area contributed by atoms with Crippen LogP contribution in [0.4, 0.5) is 0 Å². The number of rotatable bonds is 4. The van der Waals surface area contributed by atoms with Crippen LogP contribution in [-0.4, -0.2) is 23.2 Å². The zero-order chi connectivity index (χ0) is 11.9. The van der Waals surface area contributed by atoms with Gasteiger partial charge < -0.3 is 10.4 Å². The lowest BCUT2D eigenvalue weighted by Crippen LogP contribution is -2.40. The van der Waals surface area contributed by atoms with Gasteiger partial charge in [-0.2, -0.15) is 0 Å². The maximum Gasteiger partial charge on any atom is 0.224 e. The number of nitrogens with one attached hydrogen (secondary N) is 1. The Morgan fingerprint density at radius 1 is 1.35 bits per heavy atom. The van der Waals surface area contributed by atoms with E-state index in [1.54, 1.807) is 0 Å². The lowest BCUT2D eigenvalue weighted by molar-refractivity contribution is -0.123. The van der Waals surface area contributed by atoms with Gasteiger partial charge in [-0.1, -0.05) is 30.3 Å². The molecule has 2 fully saturated rings. The summed E-state index contributed by atoms with van der Waals surface area (Å²) in [7, 11) is 0. The van der Waals surface area contributed by atoms with E-state index in [9.17, 15) is 9.90 Å². The smallest absolute Gasteiger partial charge is 0.224 e. The minimum absolute atomic E-state index is 0.0709. The van der Waals surface area contributed by atoms with Gasteiger partial charge in [-0.15, -0.1) is 0 Å². The molecule has 0 aromatic heterocycles. The molecule has 3 rings (SSSR count). The minimum Gasteiger partial charge on any atom is -0.394 e. The van der Waals surface area contributed by atoms with E-state index in [0.29, 0.717) is 5.92 Å². The van der Waals surface area contributed by atoms with Crippen molar-refractivity contribution in [1.82, 2.24) is 5.32 Å². The molecule has 2 N–H and O–H groups in total. The van der Waals surface area contributed by atoms with Gasteiger partial charge in [-0.3, -0.25) is 4.79 Å². The quantitative estimate of drug-likeness (QED) is 0.823. The molecule has 0 saturated heterocycles. The lowest BCUT2D eigenvalue weighted by Gasteiger charge is -2.14. The summed E-state index contributed by atoms with van der Waals surface area (Å²) in [4.78, 5) is 12.0. The van der Waals surface area contributed by atoms with E-state index in [0.717, 1.165) is 19.3 Å². The molecule has 2 aliphatic rings. The van der Waals surface area contributed by atoms with Gasteiger partial charge in [-0.05, 0) is 30.7 Å². The lowest BCUT2D eigenvalue weighted by atomic mass is 10.1. The highest BCUT2D eigenvalue weighted by Crippen LogP contribution is 2.48. The first-order valence-electron chi connectivity index (χ1n) is 6.22. The van der Waals surface area contributed by atoms with Gasteiger partial charge in [0.1, 0.15) is 0 Å². The molecule has 0 heterocycles. The van der Waals surface area contributed by atoms with Crippen molar-refractivity contribution in [1.29, 1.82) is 0 Å². The number of carbonyl (C=O) groups excluding carboxylic acids is 1. The summed E-state index contributed by atoms with van der Waals surface area (Å²) in [6.45, 7) is 0.0709. The first kappa shape index (κ1) is 10.8. The first-order valence-corrected chi connectivity index (χ1v) is 6.22. The molecule has 2 unspecified atom stereocenters. The van der Waals surface area contributed by atoms with Gasteiger partial charge in [0.15, 0.2) is 0 Å². The molecule has 3 nitrogen and oxygen atoms in total. The molecule has 0 aliphatic heterocycles. The van der Waals surface area contributed by atoms with Crippen LogP contribution in [0.3, 0.4) is 0 Å². The highest BCUT2D eigenvalue weighted by molar-refractivity contribution is 5.84. The average Bonchev–Trinajstić information content (AvgIpc) is 3.25. The number of carbonyl (C=O) groups is 1. The third-order valence-electron chi connectivity index (χ3n) is 3.90. The summed E-state index contributed by atoms with van der Waals surface area (Å²) in [6, 6.07) is 10.2. The Morgan fingerprint density at radius 3 is 2.65 bits per heavy atom. The predicted molar refractivity (Wildman–Crippen MR) is 64.5 cm³/mol. The summed E-state index contributed by atoms with van der Waals surface area (Å²) >= 11 is 0. The van der Waals surface area contributed by atoms with Crippen LogP contribution < -0.4 is 5.32 Å². The number of benzene rings is 1. The second-order valence-electron chi connectivity index (χ2n) is 5.29. The second-order valence-corrected chi connectivity index (χ2v) is 5.29. The predicted octanol–water partition coefficient (Wildman–Crippen LogP) is 1.43. The SMILES string of the molecule is O=C(NC1(CO)CC1)C1CC1c1ccccc1. The Hall–Kier alpha value is -1.35. The summed E-state index contributed by atoms with van der Waals surface area (Å²) in [5.74, 6) is 0.609. The van der Waals surface area contributed by atoms with Crippen molar-refractivity contribution in [2.75, 3.05) is 6.61 Å². The minimum atomic E-state index is -0.277. The largest absolute Gasteiger partial charge is 0.394 e. The van der Waals surface area contributed by atoms with E-state index in [1.807, 2.05) is 18.2 Å². The molecule has 17 heavy (non-hydrogen) atoms. The summed E-state index contributed by atoms with van der Waals surface area (Å²) in [6.07, 6.45) is 2.77. The van der Waals surface area contributed by atoms with Crippen molar-refractivity contribution in [3.05, 3.63) is 35.9 Å². The third-order valence-corrected chi connectivity index (χ3v) is 3.90. The van der Waals surface area contributed by atoms with Crippen molar-refractivity contribution in [2.45, 2.75) is 30.7 Å². The van der Waals surface area contributed by atoms with Crippen molar-refractivity contribution < 1.29 is 9.90 Å². The molecular weight excluding hydrogens is 214 g/mol. The molecule has 2 aliphatic carbocycles. The first-order chi connectivity index (χ1) is 8.24. The fraction of sp³-hybridized carbons (Fsp3) is 0.500. The topological polar surface area (TPSA) is 49.3 Å². The van der Waals surface area contributed by atoms with Gasteiger partial charge in [0, 0.05) is 5.92 Å². The molecule has 1 amide bonds. The molecule has 1 aromatic rings. The molecule has 0 radical (unpaired) electrons. The van der Waals surface area contributed by atoms with Gasteiger partial charge in [0.25, 0.3) is 0 Å². The molecule has 2 saturated carbocycles. The maximum atomic E-state index is 12.0. The van der Waals surface area contributed by atoms with E-state index in [4.69, 9.17) is 0 Å². The average molecular weight is 231 g/mol. The summed E-state index contributed by atoms with van der Waals surface area (Å²) in [5, 5.41) is 12.2. The van der Waals surface area contributed by atoms with Gasteiger partial charge in [0.2, 0.25) is 5.91 Å². The summed E-state index contributed by atoms with van der Waals surface area (Å²) < 4.78 is 0. The van der Waals surface area contributed by atoms with E-state index in [2.05, 4.69) is 17.4 Å². The molecular formula is C14H17NO2. The molecule has 0 spiro atoms. The normalized spacial score (nSPS) is 28.5. The molecule has 1 aromatic carbocycles. The van der Waals surface area contributed by atoms with Gasteiger partial charge in [-0.25, -0.2) is 0 Å². The van der Waals surface area contributed by atoms with Crippen LogP contribution in [-0.2, 0) is 4.79 Å². The molecule has 3 heteroatoms. The number of aliphatic hydroxyl groups excluding tert-OH is 1. The highest BCUT2D eigenvalue weighted by Gasteiger charge is 2.49. The van der Waals surface area contributed by atoms with Crippen LogP contribution in [0, 0.1) is 5.92 Å². The fourth-order valence-corrected chi connectivity index (χ4v) is 2.38. The van der Waals surface area contributed by atoms with E-state index in [-0.39, 0.29) is 24.0 Å². The van der Waals surface area contributed by atoms with Crippen molar-refractivity contribution in [3.63, 3.8) is 0 Å². The fourth-order valence-electron chi connectivity index (χ4n) is 2.38. The second kappa shape index (κ2) is 3.84. The van der Waals surface area contributed by atoms with Crippen molar-refractivity contribution in [3.8, 4) is 0 Å². The van der Waals surface area contributed by atoms with Gasteiger partial charge >= 0.3 is 0 Å². The Bertz CT molecular complexity index is 425. The van der Waals surface area contributed by atoms with Crippen molar-refractivity contribution in [2.24, 2.45) is 5.92 Å². The van der Waals surface area contributed by atoms with Crippen LogP contribution in [0.25, 0.3) is 0 Å². The number of aliphatic hydroxyl groups is 1. The number of amides is 1. The van der Waals surface area contributed by atoms with E-state index in [1.165, 1.54) is 5.56 Å². The van der Waals surface area contributed by atoms with E-state index < -0.39 is 0 Å². The van der Waals surface area contributed by atoms with Crippen LogP contribution in [0.1, 0.15) is 30.7 Å². The standard InChI is InChI=1S/C14H17NO2/c16-9-14(6-7-14)15-13(17)12-8-11(12)10-4-2-1-3-5-10/h1-5,11-12,16H,6-9H2,(H,15,17). The molecule has 0 bridgehead atoms. The van der Waals surface area contributed by atoms with Gasteiger partial charge in [0.05, 0.1) is 12.1 Å². The third kappa shape index (κ3) is 2.07. The Balaban J connectivity index is 1.60. The van der Waals surface area contributed by atoms with Crippen LogP contribution in [0.15, 0.2) is 30.3 Å². The Morgan fingerprint density at radius 2 is 2.06 bits per heavy atom. The van der Waals surface area contributed by atoms with Crippen LogP contribution in [0.5, 0.6) is 0 Å². The highest BCUT2D eigenvalue weighted by atomic mass is 16.3. The number of hydrogen-bond acceptors (Lipinski definition) is 2. The Kier molecular flexibility index (Phi) is 2.44. The zero-order valence-electron chi connectivity index (χ0n) is 9.73. The zero-order valence-corrected chi connectivity index (χ0v) is 9.73. The molecule has 2 atom stereocenters.